The number of pyridine rings is 3. The third-order valence-corrected chi connectivity index (χ3v) is 15.3. The maximum atomic E-state index is 13.1. The van der Waals surface area contributed by atoms with Gasteiger partial charge in [0.15, 0.2) is 11.3 Å². The van der Waals surface area contributed by atoms with Gasteiger partial charge in [0, 0.05) is 127 Å². The minimum Gasteiger partial charge on any atom is -0.497 e. The molecule has 11 rings (SSSR count). The van der Waals surface area contributed by atoms with Crippen molar-refractivity contribution in [1.82, 2.24) is 48.0 Å². The fourth-order valence-electron chi connectivity index (χ4n) is 10.5. The number of amides is 1. The summed E-state index contributed by atoms with van der Waals surface area (Å²) in [5.41, 5.74) is 14.1. The monoisotopic (exact) mass is 1330 g/mol. The zero-order chi connectivity index (χ0) is 68.1. The number of fused-ring (bicyclic) bond motifs is 6. The number of carboxylic acids is 1. The van der Waals surface area contributed by atoms with E-state index in [9.17, 15) is 19.2 Å². The van der Waals surface area contributed by atoms with Gasteiger partial charge in [0.05, 0.1) is 48.7 Å². The summed E-state index contributed by atoms with van der Waals surface area (Å²) in [7, 11) is 7.40. The lowest BCUT2D eigenvalue weighted by Crippen LogP contribution is -2.47. The standard InChI is InChI=1S/C27H32N6O3.C14H23N3O.C13H11N3O3.C7H10N2.C7H14N2.CH2Cl2/c1-20-10-12-29-26-25(20)32-14-3-5-23(32)27(35)33(26)19-24(34)28-11-4-13-30-15-17-31(18-16-30)21-6-8-22(36-2)9-7-21;1-18-14-5-3-13(4-6-14)17-11-9-16(10-12-17)8-2-7-15;1-8-4-5-14-12-11(8)15-6-2-3-9(15)13(19)16(12)7-10(17)18;1-9(2)7-3-5-8-6-4-7;1-6(2)8-5-9-7(3)4;2-1-3/h3,5-10,12,14H,4,11,13,15-19H2,1-2H3,(H,28,34);3-6H,2,7-12,15H2,1H3;2-6H,7H2,1H3,(H,17,18);3-6H,1-2H3;6-7H,1-4H3;1H2. The van der Waals surface area contributed by atoms with Crippen LogP contribution in [0.5, 0.6) is 11.5 Å². The summed E-state index contributed by atoms with van der Waals surface area (Å²) in [6, 6.07) is 34.5. The van der Waals surface area contributed by atoms with Crippen molar-refractivity contribution in [1.29, 1.82) is 0 Å². The summed E-state index contributed by atoms with van der Waals surface area (Å²) in [4.78, 5) is 81.2. The number of aryl methyl sites for hydroxylation is 2. The highest BCUT2D eigenvalue weighted by molar-refractivity contribution is 6.40. The summed E-state index contributed by atoms with van der Waals surface area (Å²) in [6.45, 7) is 23.3. The topological polar surface area (TPSA) is 243 Å². The molecule has 0 atom stereocenters. The van der Waals surface area contributed by atoms with E-state index in [4.69, 9.17) is 43.5 Å². The lowest BCUT2D eigenvalue weighted by molar-refractivity contribution is -0.137. The van der Waals surface area contributed by atoms with Gasteiger partial charge in [-0.25, -0.2) is 20.0 Å². The lowest BCUT2D eigenvalue weighted by Gasteiger charge is -2.36. The number of carbonyl (C=O) groups is 2. The van der Waals surface area contributed by atoms with E-state index >= 15 is 0 Å². The molecule has 0 aliphatic carbocycles. The van der Waals surface area contributed by atoms with Gasteiger partial charge in [0.25, 0.3) is 11.1 Å². The van der Waals surface area contributed by atoms with Crippen LogP contribution in [0.25, 0.3) is 33.4 Å². The summed E-state index contributed by atoms with van der Waals surface area (Å²) < 4.78 is 16.7. The molecule has 23 nitrogen and oxygen atoms in total. The molecule has 2 saturated heterocycles. The molecule has 1 amide bonds. The zero-order valence-corrected chi connectivity index (χ0v) is 57.4. The molecule has 9 heterocycles. The van der Waals surface area contributed by atoms with E-state index in [0.717, 1.165) is 118 Å². The number of anilines is 3. The fourth-order valence-corrected chi connectivity index (χ4v) is 10.5. The van der Waals surface area contributed by atoms with Crippen molar-refractivity contribution < 1.29 is 24.2 Å². The number of halogens is 2. The van der Waals surface area contributed by atoms with Crippen LogP contribution in [0.15, 0.2) is 154 Å². The molecule has 2 aromatic carbocycles. The molecule has 2 fully saturated rings. The van der Waals surface area contributed by atoms with E-state index in [1.165, 1.54) is 26.2 Å². The van der Waals surface area contributed by atoms with Gasteiger partial charge in [-0.3, -0.25) is 43.1 Å². The van der Waals surface area contributed by atoms with Crippen LogP contribution < -0.4 is 46.3 Å². The summed E-state index contributed by atoms with van der Waals surface area (Å²) in [5.74, 6) is 0.541. The zero-order valence-electron chi connectivity index (χ0n) is 55.9. The number of alkyl halides is 2. The van der Waals surface area contributed by atoms with Crippen LogP contribution >= 0.6 is 23.2 Å². The third-order valence-electron chi connectivity index (χ3n) is 15.3. The van der Waals surface area contributed by atoms with Gasteiger partial charge in [-0.15, -0.1) is 23.2 Å². The van der Waals surface area contributed by atoms with Gasteiger partial charge >= 0.3 is 5.97 Å². The largest absolute Gasteiger partial charge is 0.497 e. The lowest BCUT2D eigenvalue weighted by atomic mass is 10.2. The summed E-state index contributed by atoms with van der Waals surface area (Å²) in [6.07, 6.45) is 12.4. The smallest absolute Gasteiger partial charge is 0.323 e. The fraction of sp³-hybridized carbons (Fsp3) is 0.420. The van der Waals surface area contributed by atoms with E-state index in [1.807, 2.05) is 126 Å². The Morgan fingerprint density at radius 2 is 1.06 bits per heavy atom. The van der Waals surface area contributed by atoms with Gasteiger partial charge in [0.2, 0.25) is 5.91 Å². The van der Waals surface area contributed by atoms with Crippen LogP contribution in [-0.2, 0) is 22.7 Å². The van der Waals surface area contributed by atoms with Gasteiger partial charge < -0.3 is 49.1 Å². The SMILES string of the molecule is CC(C)N=C=NC(C)C.CN(C)c1ccncc1.COc1ccc(N2CCN(CCCN)CC2)cc1.COc1ccc(N2CCN(CCCNC(=O)Cn3c(=O)c4cccn4c4c(C)ccnc43)CC2)cc1.Cc1ccnc2c1n1cccc1c(=O)n2CC(=O)O.ClCCl. The molecule has 2 aliphatic heterocycles. The number of nitrogens with zero attached hydrogens (tertiary/aromatic N) is 14. The second-order valence-corrected chi connectivity index (χ2v) is 23.8. The first kappa shape index (κ1) is 74.2. The minimum absolute atomic E-state index is 0.0476. The van der Waals surface area contributed by atoms with E-state index in [-0.39, 0.29) is 28.9 Å². The Morgan fingerprint density at radius 1 is 0.638 bits per heavy atom. The molecule has 94 heavy (non-hydrogen) atoms. The molecular formula is C69H92Cl2N16O7. The first-order valence-electron chi connectivity index (χ1n) is 31.5. The first-order valence-corrected chi connectivity index (χ1v) is 32.5. The number of ether oxygens (including phenoxy) is 2. The molecule has 7 aromatic heterocycles. The number of rotatable bonds is 18. The Labute approximate surface area is 560 Å². The maximum absolute atomic E-state index is 13.1. The Hall–Kier alpha value is -8.83. The summed E-state index contributed by atoms with van der Waals surface area (Å²) in [5, 5.41) is 12.1. The summed E-state index contributed by atoms with van der Waals surface area (Å²) >= 11 is 9.53. The van der Waals surface area contributed by atoms with Gasteiger partial charge in [-0.05, 0) is 182 Å². The minimum atomic E-state index is -1.07. The van der Waals surface area contributed by atoms with Crippen LogP contribution in [0.1, 0.15) is 51.7 Å². The van der Waals surface area contributed by atoms with E-state index < -0.39 is 12.5 Å². The molecular weight excluding hydrogens is 1240 g/mol. The highest BCUT2D eigenvalue weighted by Crippen LogP contribution is 2.23. The van der Waals surface area contributed by atoms with Crippen molar-refractivity contribution >= 4 is 91.5 Å². The average Bonchev–Trinajstić information content (AvgIpc) is 1.38. The van der Waals surface area contributed by atoms with Crippen molar-refractivity contribution in [2.75, 3.05) is 127 Å². The highest BCUT2D eigenvalue weighted by Gasteiger charge is 2.20. The van der Waals surface area contributed by atoms with Crippen LogP contribution in [0.3, 0.4) is 0 Å². The van der Waals surface area contributed by atoms with Crippen molar-refractivity contribution in [2.24, 2.45) is 15.7 Å². The number of hydrogen-bond donors (Lipinski definition) is 3. The number of carboxylic acid groups (broad SMARTS) is 1. The maximum Gasteiger partial charge on any atom is 0.323 e. The predicted octanol–water partition coefficient (Wildman–Crippen LogP) is 9.05. The van der Waals surface area contributed by atoms with Crippen LogP contribution in [0.4, 0.5) is 17.1 Å². The molecule has 0 bridgehead atoms. The van der Waals surface area contributed by atoms with E-state index in [0.29, 0.717) is 41.0 Å². The van der Waals surface area contributed by atoms with Crippen molar-refractivity contribution in [3.63, 3.8) is 0 Å². The Kier molecular flexibility index (Phi) is 30.3. The normalized spacial score (nSPS) is 13.0. The Morgan fingerprint density at radius 3 is 1.45 bits per heavy atom. The molecule has 0 radical (unpaired) electrons. The molecule has 0 saturated carbocycles. The van der Waals surface area contributed by atoms with Gasteiger partial charge in [0.1, 0.15) is 35.6 Å². The third kappa shape index (κ3) is 21.9. The van der Waals surface area contributed by atoms with E-state index in [1.54, 1.807) is 67.8 Å². The number of aromatic nitrogens is 7. The Bertz CT molecular complexity index is 3950. The van der Waals surface area contributed by atoms with Gasteiger partial charge in [-0.1, -0.05) is 0 Å². The Balaban J connectivity index is 0.000000204. The predicted molar refractivity (Wildman–Crippen MR) is 381 cm³/mol. The van der Waals surface area contributed by atoms with Crippen molar-refractivity contribution in [3.05, 3.63) is 166 Å². The molecule has 2 aliphatic rings. The second kappa shape index (κ2) is 38.4. The number of nitrogens with one attached hydrogen (secondary N) is 1. The number of nitrogens with two attached hydrogens (primary N) is 1. The number of carbonyl (C=O) groups excluding carboxylic acids is 1. The first-order chi connectivity index (χ1) is 45.3. The van der Waals surface area contributed by atoms with Crippen molar-refractivity contribution in [3.8, 4) is 11.5 Å². The van der Waals surface area contributed by atoms with E-state index in [2.05, 4.69) is 80.1 Å². The number of piperazine rings is 2. The average molecular weight is 1330 g/mol. The van der Waals surface area contributed by atoms with Gasteiger partial charge in [-0.2, -0.15) is 0 Å². The number of hydrogen-bond acceptors (Lipinski definition) is 17. The molecule has 9 aromatic rings. The molecule has 0 spiro atoms. The molecule has 4 N–H and O–H groups in total. The van der Waals surface area contributed by atoms with Crippen LogP contribution in [-0.4, -0.2) is 190 Å². The number of methoxy groups -OCH3 is 2. The second-order valence-electron chi connectivity index (χ2n) is 22.9. The molecule has 0 unspecified atom stereocenters. The highest BCUT2D eigenvalue weighted by atomic mass is 35.5. The molecule has 25 heteroatoms. The van der Waals surface area contributed by atoms with Crippen LogP contribution in [0.2, 0.25) is 0 Å². The number of aliphatic carboxylic acids is 1. The van der Waals surface area contributed by atoms with Crippen molar-refractivity contribution in [2.45, 2.75) is 79.6 Å². The quantitative estimate of drug-likeness (QED) is 0.0412. The van der Waals surface area contributed by atoms with Crippen LogP contribution in [0, 0.1) is 13.8 Å². The number of aliphatic imine (C=N–C) groups is 2. The molecule has 504 valence electrons. The number of benzene rings is 2.